The Kier molecular flexibility index (Phi) is 8.52. The maximum absolute atomic E-state index is 13.5. The van der Waals surface area contributed by atoms with E-state index in [1.807, 2.05) is 0 Å². The maximum Gasteiger partial charge on any atom is 0.449 e. The smallest absolute Gasteiger partial charge is 0.449 e. The molecule has 4 rings (SSSR count). The Bertz CT molecular complexity index is 1530. The highest BCUT2D eigenvalue weighted by Gasteiger charge is 2.37. The van der Waals surface area contributed by atoms with Crippen LogP contribution in [0.25, 0.3) is 17.1 Å². The molecule has 40 heavy (non-hydrogen) atoms. The van der Waals surface area contributed by atoms with Crippen molar-refractivity contribution < 1.29 is 42.0 Å². The number of halogens is 3. The molecule has 0 unspecified atom stereocenters. The number of methoxy groups -OCH3 is 3. The van der Waals surface area contributed by atoms with Crippen molar-refractivity contribution >= 4 is 22.9 Å². The number of allylic oxidation sites excluding steroid dienone is 1. The average Bonchev–Trinajstić information content (AvgIpc) is 3.33. The quantitative estimate of drug-likeness (QED) is 0.135. The minimum atomic E-state index is -4.56. The number of hydrogen-bond acceptors (Lipinski definition) is 7. The summed E-state index contributed by atoms with van der Waals surface area (Å²) in [7, 11) is 4.14. The summed E-state index contributed by atoms with van der Waals surface area (Å²) >= 11 is 0. The number of ether oxygens (including phenoxy) is 4. The topological polar surface area (TPSA) is 92.0 Å². The van der Waals surface area contributed by atoms with Crippen LogP contribution in [0.2, 0.25) is 0 Å². The van der Waals surface area contributed by atoms with E-state index in [0.717, 1.165) is 4.57 Å². The first kappa shape index (κ1) is 28.3. The summed E-state index contributed by atoms with van der Waals surface area (Å²) in [4.78, 5) is 16.6. The van der Waals surface area contributed by atoms with Gasteiger partial charge in [-0.1, -0.05) is 30.3 Å². The van der Waals surface area contributed by atoms with E-state index in [1.165, 1.54) is 33.5 Å². The number of alkyl halides is 3. The fraction of sp³-hybridized carbons (Fsp3) is 0.241. The van der Waals surface area contributed by atoms with Crippen molar-refractivity contribution in [2.45, 2.75) is 19.1 Å². The van der Waals surface area contributed by atoms with Crippen molar-refractivity contribution in [2.24, 2.45) is 0 Å². The van der Waals surface area contributed by atoms with Gasteiger partial charge in [0.2, 0.25) is 11.6 Å². The number of ketones is 1. The van der Waals surface area contributed by atoms with Gasteiger partial charge in [0.05, 0.1) is 39.0 Å². The fourth-order valence-electron chi connectivity index (χ4n) is 4.24. The number of aromatic nitrogens is 2. The highest BCUT2D eigenvalue weighted by molar-refractivity contribution is 6.11. The maximum atomic E-state index is 13.5. The number of carbonyl (C=O) groups excluding carboxylic acids is 1. The van der Waals surface area contributed by atoms with E-state index in [4.69, 9.17) is 18.9 Å². The highest BCUT2D eigenvalue weighted by atomic mass is 19.4. The third-order valence-electron chi connectivity index (χ3n) is 6.07. The minimum absolute atomic E-state index is 0.0452. The van der Waals surface area contributed by atoms with Crippen molar-refractivity contribution in [3.05, 3.63) is 77.6 Å². The first-order valence-electron chi connectivity index (χ1n) is 12.2. The van der Waals surface area contributed by atoms with Crippen LogP contribution < -0.4 is 18.9 Å². The first-order chi connectivity index (χ1) is 19.2. The molecule has 0 saturated heterocycles. The predicted molar refractivity (Wildman–Crippen MR) is 142 cm³/mol. The number of nitrogens with zero attached hydrogens (tertiary/aromatic N) is 2. The van der Waals surface area contributed by atoms with Gasteiger partial charge in [0.25, 0.3) is 0 Å². The lowest BCUT2D eigenvalue weighted by molar-refractivity contribution is -0.147. The molecule has 0 aliphatic carbocycles. The molecular weight excluding hydrogens is 529 g/mol. The summed E-state index contributed by atoms with van der Waals surface area (Å²) in [6.07, 6.45) is -1.39. The van der Waals surface area contributed by atoms with Gasteiger partial charge in [-0.25, -0.2) is 4.98 Å². The Morgan fingerprint density at radius 1 is 1.00 bits per heavy atom. The molecule has 0 aliphatic rings. The van der Waals surface area contributed by atoms with Gasteiger partial charge >= 0.3 is 6.18 Å². The van der Waals surface area contributed by atoms with Crippen LogP contribution in [0, 0.1) is 0 Å². The van der Waals surface area contributed by atoms with Crippen molar-refractivity contribution in [3.8, 4) is 28.7 Å². The first-order valence-corrected chi connectivity index (χ1v) is 12.2. The molecule has 1 aromatic heterocycles. The number of hydrogen-bond donors (Lipinski definition) is 1. The van der Waals surface area contributed by atoms with Gasteiger partial charge in [-0.15, -0.1) is 0 Å². The zero-order chi connectivity index (χ0) is 28.9. The van der Waals surface area contributed by atoms with Crippen molar-refractivity contribution in [2.75, 3.05) is 27.9 Å². The van der Waals surface area contributed by atoms with E-state index in [9.17, 15) is 23.1 Å². The molecule has 1 heterocycles. The average molecular weight is 557 g/mol. The summed E-state index contributed by atoms with van der Waals surface area (Å²) in [5.74, 6) is -0.805. The second-order valence-corrected chi connectivity index (χ2v) is 8.58. The van der Waals surface area contributed by atoms with Gasteiger partial charge in [0.1, 0.15) is 17.1 Å². The van der Waals surface area contributed by atoms with Gasteiger partial charge in [0.15, 0.2) is 17.3 Å². The molecule has 0 spiro atoms. The Morgan fingerprint density at radius 3 is 2.35 bits per heavy atom. The molecule has 0 fully saturated rings. The summed E-state index contributed by atoms with van der Waals surface area (Å²) in [6, 6.07) is 14.6. The van der Waals surface area contributed by atoms with Crippen LogP contribution in [-0.4, -0.2) is 48.4 Å². The Labute approximate surface area is 228 Å². The van der Waals surface area contributed by atoms with Gasteiger partial charge in [-0.2, -0.15) is 13.2 Å². The summed E-state index contributed by atoms with van der Waals surface area (Å²) < 4.78 is 63.0. The monoisotopic (exact) mass is 556 g/mol. The van der Waals surface area contributed by atoms with Crippen LogP contribution in [0.4, 0.5) is 13.2 Å². The third kappa shape index (κ3) is 5.98. The molecule has 210 valence electrons. The van der Waals surface area contributed by atoms with Crippen LogP contribution in [0.3, 0.4) is 0 Å². The predicted octanol–water partition coefficient (Wildman–Crippen LogP) is 6.15. The largest absolute Gasteiger partial charge is 0.507 e. The highest BCUT2D eigenvalue weighted by Crippen LogP contribution is 2.45. The number of carbonyl (C=O) groups is 1. The number of benzene rings is 3. The molecule has 4 aromatic rings. The SMILES string of the molecule is COc1cc(O)c(C(=O)/C=C/c2ccc(OCCCn3c(C(F)(F)F)nc4ccccc43)cc2)c(OC)c1OC. The van der Waals surface area contributed by atoms with Crippen LogP contribution in [0.15, 0.2) is 60.7 Å². The van der Waals surface area contributed by atoms with Gasteiger partial charge < -0.3 is 28.6 Å². The molecule has 0 saturated carbocycles. The van der Waals surface area contributed by atoms with Gasteiger partial charge in [0, 0.05) is 12.6 Å². The standard InChI is InChI=1S/C29H27F3N2O6/c1-37-24-17-23(36)25(27(39-3)26(24)38-2)22(35)14-11-18-9-12-19(13-10-18)40-16-6-15-34-21-8-5-4-7-20(21)33-28(34)29(30,31)32/h4-5,7-14,17,36H,6,15-16H2,1-3H3/b14-11+. The zero-order valence-electron chi connectivity index (χ0n) is 22.0. The molecule has 0 bridgehead atoms. The van der Waals surface area contributed by atoms with Crippen LogP contribution in [-0.2, 0) is 12.7 Å². The molecule has 0 aliphatic heterocycles. The van der Waals surface area contributed by atoms with Crippen molar-refractivity contribution in [1.82, 2.24) is 9.55 Å². The van der Waals surface area contributed by atoms with E-state index in [2.05, 4.69) is 4.98 Å². The number of imidazole rings is 1. The van der Waals surface area contributed by atoms with Crippen LogP contribution in [0.1, 0.15) is 28.2 Å². The van der Waals surface area contributed by atoms with Gasteiger partial charge in [-0.05, 0) is 42.3 Å². The Balaban J connectivity index is 1.38. The van der Waals surface area contributed by atoms with E-state index < -0.39 is 17.8 Å². The zero-order valence-corrected chi connectivity index (χ0v) is 22.0. The normalized spacial score (nSPS) is 11.7. The lowest BCUT2D eigenvalue weighted by atomic mass is 10.0. The summed E-state index contributed by atoms with van der Waals surface area (Å²) in [6.45, 7) is 0.278. The second-order valence-electron chi connectivity index (χ2n) is 8.58. The molecule has 8 nitrogen and oxygen atoms in total. The van der Waals surface area contributed by atoms with Crippen LogP contribution >= 0.6 is 0 Å². The van der Waals surface area contributed by atoms with Crippen LogP contribution in [0.5, 0.6) is 28.7 Å². The number of rotatable bonds is 11. The summed E-state index contributed by atoms with van der Waals surface area (Å²) in [5, 5.41) is 10.4. The van der Waals surface area contributed by atoms with E-state index in [1.54, 1.807) is 54.6 Å². The number of fused-ring (bicyclic) bond motifs is 1. The Morgan fingerprint density at radius 2 is 1.70 bits per heavy atom. The molecule has 0 amide bonds. The van der Waals surface area contributed by atoms with E-state index >= 15 is 0 Å². The molecular formula is C29H27F3N2O6. The lowest BCUT2D eigenvalue weighted by Crippen LogP contribution is -2.16. The van der Waals surface area contributed by atoms with E-state index in [0.29, 0.717) is 23.3 Å². The van der Waals surface area contributed by atoms with Crippen molar-refractivity contribution in [1.29, 1.82) is 0 Å². The Hall–Kier alpha value is -4.67. The third-order valence-corrected chi connectivity index (χ3v) is 6.07. The number of phenolic OH excluding ortho intramolecular Hbond substituents is 1. The van der Waals surface area contributed by atoms with E-state index in [-0.39, 0.29) is 47.2 Å². The summed E-state index contributed by atoms with van der Waals surface area (Å²) in [5.41, 5.74) is 1.31. The number of phenols is 1. The minimum Gasteiger partial charge on any atom is -0.507 e. The number of aromatic hydroxyl groups is 1. The fourth-order valence-corrected chi connectivity index (χ4v) is 4.24. The second kappa shape index (κ2) is 12.0. The molecule has 3 aromatic carbocycles. The van der Waals surface area contributed by atoms with Crippen molar-refractivity contribution in [3.63, 3.8) is 0 Å². The molecule has 1 N–H and O–H groups in total. The molecule has 0 radical (unpaired) electrons. The molecule has 0 atom stereocenters. The van der Waals surface area contributed by atoms with Gasteiger partial charge in [-0.3, -0.25) is 4.79 Å². The number of aryl methyl sites for hydroxylation is 1. The lowest BCUT2D eigenvalue weighted by Gasteiger charge is -2.15. The molecule has 11 heteroatoms. The number of para-hydroxylation sites is 2.